The third-order valence-corrected chi connectivity index (χ3v) is 27.1. The number of aromatic hydroxyl groups is 4. The molecule has 11 aromatic rings. The number of hydrogen-bond donors (Lipinski definition) is 4. The fourth-order valence-corrected chi connectivity index (χ4v) is 18.4. The van der Waals surface area contributed by atoms with Gasteiger partial charge in [0.2, 0.25) is 6.79 Å². The first kappa shape index (κ1) is 107. The summed E-state index contributed by atoms with van der Waals surface area (Å²) in [5.74, 6) is 3.99. The Morgan fingerprint density at radius 2 is 0.784 bits per heavy atom. The molecule has 1 heterocycles. The van der Waals surface area contributed by atoms with Gasteiger partial charge < -0.3 is 72.3 Å². The maximum absolute atomic E-state index is 13.6. The van der Waals surface area contributed by atoms with E-state index in [4.69, 9.17) is 46.5 Å². The number of allylic oxidation sites excluding steroid dienone is 1. The highest BCUT2D eigenvalue weighted by atomic mass is 31.2. The molecule has 0 radical (unpaired) electrons. The Kier molecular flexibility index (Phi) is 38.2. The Morgan fingerprint density at radius 3 is 1.13 bits per heavy atom. The number of phenolic OH excluding ortho intramolecular Hbond substituents is 4. The van der Waals surface area contributed by atoms with E-state index in [0.29, 0.717) is 78.3 Å². The van der Waals surface area contributed by atoms with Crippen LogP contribution in [0, 0.1) is 73.1 Å². The number of aryl methyl sites for hydroxylation is 9. The van der Waals surface area contributed by atoms with Gasteiger partial charge in [-0.1, -0.05) is 194 Å². The summed E-state index contributed by atoms with van der Waals surface area (Å²) in [6.07, 6.45) is 3.50. The Morgan fingerprint density at radius 1 is 0.433 bits per heavy atom. The zero-order chi connectivity index (χ0) is 98.4. The van der Waals surface area contributed by atoms with Crippen LogP contribution in [0.15, 0.2) is 219 Å². The van der Waals surface area contributed by atoms with Crippen molar-refractivity contribution in [2.75, 3.05) is 58.9 Å². The molecule has 1 aliphatic heterocycles. The molecule has 0 amide bonds. The molecule has 3 unspecified atom stereocenters. The topological polar surface area (TPSA) is 305 Å². The average Bonchev–Trinajstić information content (AvgIpc) is 0.807. The van der Waals surface area contributed by atoms with Crippen LogP contribution in [-0.2, 0) is 89.1 Å². The highest BCUT2D eigenvalue weighted by Crippen LogP contribution is 2.56. The number of carbonyl (C=O) groups is 1. The van der Waals surface area contributed by atoms with Gasteiger partial charge in [0.05, 0.1) is 23.9 Å². The Hall–Kier alpha value is -10.5. The van der Waals surface area contributed by atoms with Crippen molar-refractivity contribution in [1.29, 1.82) is 0 Å². The van der Waals surface area contributed by atoms with Crippen LogP contribution in [0.3, 0.4) is 0 Å². The summed E-state index contributed by atoms with van der Waals surface area (Å²) in [6.45, 7) is 43.0. The van der Waals surface area contributed by atoms with E-state index in [1.807, 2.05) is 221 Å². The Balaban J connectivity index is 0.000000205. The molecule has 21 nitrogen and oxygen atoms in total. The molecule has 1 saturated heterocycles. The lowest BCUT2D eigenvalue weighted by molar-refractivity contribution is -0.177. The third kappa shape index (κ3) is 33.5. The van der Waals surface area contributed by atoms with Crippen LogP contribution >= 0.6 is 29.9 Å². The predicted molar refractivity (Wildman–Crippen MR) is 531 cm³/mol. The van der Waals surface area contributed by atoms with Crippen molar-refractivity contribution < 1.29 is 99.8 Å². The summed E-state index contributed by atoms with van der Waals surface area (Å²) >= 11 is 0. The number of benzene rings is 11. The van der Waals surface area contributed by atoms with Gasteiger partial charge in [-0.15, -0.1) is 0 Å². The van der Waals surface area contributed by atoms with E-state index in [2.05, 4.69) is 78.5 Å². The molecule has 1 fully saturated rings. The van der Waals surface area contributed by atoms with Gasteiger partial charge in [0.15, 0.2) is 19.5 Å². The smallest absolute Gasteiger partial charge is 0.373 e. The number of rotatable bonds is 34. The Labute approximate surface area is 793 Å². The average molecular weight is 1900 g/mol. The van der Waals surface area contributed by atoms with Crippen molar-refractivity contribution in [3.8, 4) is 46.0 Å². The van der Waals surface area contributed by atoms with Crippen molar-refractivity contribution in [3.63, 3.8) is 0 Å². The number of carbonyl (C=O) groups excluding carboxylic acids is 1. The molecule has 5 atom stereocenters. The molecule has 0 bridgehead atoms. The molecule has 134 heavy (non-hydrogen) atoms. The van der Waals surface area contributed by atoms with Gasteiger partial charge in [-0.2, -0.15) is 0 Å². The molecular weight excluding hydrogens is 1770 g/mol. The van der Waals surface area contributed by atoms with Gasteiger partial charge in [-0.05, 0) is 335 Å². The van der Waals surface area contributed by atoms with Crippen molar-refractivity contribution in [1.82, 2.24) is 0 Å². The lowest BCUT2D eigenvalue weighted by Crippen LogP contribution is -2.24. The zero-order valence-electron chi connectivity index (χ0n) is 81.5. The van der Waals surface area contributed by atoms with Crippen LogP contribution in [0.2, 0.25) is 0 Å². The lowest BCUT2D eigenvalue weighted by Gasteiger charge is -2.30. The molecule has 0 aliphatic carbocycles. The third-order valence-electron chi connectivity index (χ3n) is 22.8. The first-order chi connectivity index (χ1) is 62.9. The van der Waals surface area contributed by atoms with Crippen LogP contribution in [0.1, 0.15) is 227 Å². The minimum atomic E-state index is -3.93. The van der Waals surface area contributed by atoms with Gasteiger partial charge >= 0.3 is 21.2 Å². The van der Waals surface area contributed by atoms with Gasteiger partial charge in [0.1, 0.15) is 58.7 Å². The molecule has 0 spiro atoms. The zero-order valence-corrected chi connectivity index (χ0v) is 85.1. The minimum Gasteiger partial charge on any atom is -0.797 e. The van der Waals surface area contributed by atoms with Crippen LogP contribution in [0.5, 0.6) is 46.0 Å². The SMILES string of the molecule is C=C(OCOP(=O)(COc1cc(C)c(Cc2ccc(O)c(Cc3ccccc3)c2)c(C)c1)OCOC(=O)C(C)(C)C)C(C)(C)C.Cc1cc(OCP(C)(=O)[O-])cc(C)c1Cc1ccc(O)c(C(C)C)c1.Cc1cc(OCP(C)(=O)[O-])cc(C)c1Cc1ccc(O)c(Cc2ccccc2)c1.Cc1cccc([C@@H]2CCO[P@@](=O)(COc3cc(C)c(Cc4ccc(O)c(C(C)C)c4)c(C)c3)O2)c1. The fraction of sp³-hybridized carbons (Fsp3) is 0.367. The van der Waals surface area contributed by atoms with E-state index in [0.717, 1.165) is 136 Å². The van der Waals surface area contributed by atoms with Gasteiger partial charge in [-0.3, -0.25) is 27.5 Å². The maximum atomic E-state index is 13.6. The maximum Gasteiger partial charge on any atom is 0.373 e. The largest absolute Gasteiger partial charge is 0.797 e. The normalized spacial score (nSPS) is 15.1. The van der Waals surface area contributed by atoms with E-state index < -0.39 is 54.5 Å². The van der Waals surface area contributed by atoms with Gasteiger partial charge in [-0.25, -0.2) is 0 Å². The molecule has 1 aliphatic rings. The summed E-state index contributed by atoms with van der Waals surface area (Å²) in [5.41, 5.74) is 24.6. The second-order valence-corrected chi connectivity index (χ2v) is 46.2. The van der Waals surface area contributed by atoms with Crippen LogP contribution in [0.4, 0.5) is 0 Å². The van der Waals surface area contributed by atoms with Crippen LogP contribution < -0.4 is 28.7 Å². The summed E-state index contributed by atoms with van der Waals surface area (Å²) in [5, 5.41) is 40.9. The quantitative estimate of drug-likeness (QED) is 0.0126. The van der Waals surface area contributed by atoms with Gasteiger partial charge in [0.25, 0.3) is 0 Å². The van der Waals surface area contributed by atoms with E-state index in [9.17, 15) is 53.3 Å². The van der Waals surface area contributed by atoms with Crippen molar-refractivity contribution in [2.45, 2.75) is 194 Å². The first-order valence-electron chi connectivity index (χ1n) is 45.0. The number of hydrogen-bond acceptors (Lipinski definition) is 21. The van der Waals surface area contributed by atoms with E-state index >= 15 is 0 Å². The molecule has 4 N–H and O–H groups in total. The highest BCUT2D eigenvalue weighted by Gasteiger charge is 2.36. The van der Waals surface area contributed by atoms with Crippen molar-refractivity contribution in [3.05, 3.63) is 352 Å². The summed E-state index contributed by atoms with van der Waals surface area (Å²) in [4.78, 5) is 34.8. The van der Waals surface area contributed by atoms with E-state index in [1.165, 1.54) is 30.0 Å². The highest BCUT2D eigenvalue weighted by molar-refractivity contribution is 7.55. The Bertz CT molecular complexity index is 5930. The minimum absolute atomic E-state index is 0.122. The fourth-order valence-electron chi connectivity index (χ4n) is 15.2. The van der Waals surface area contributed by atoms with Crippen LogP contribution in [-0.4, -0.2) is 85.3 Å². The van der Waals surface area contributed by atoms with Crippen LogP contribution in [0.25, 0.3) is 0 Å². The first-order valence-corrected chi connectivity index (χ1v) is 53.0. The molecule has 718 valence electrons. The van der Waals surface area contributed by atoms with Crippen molar-refractivity contribution in [2.24, 2.45) is 10.8 Å². The number of phenols is 4. The molecule has 0 aromatic heterocycles. The second kappa shape index (κ2) is 47.8. The molecule has 12 rings (SSSR count). The standard InChI is InChI=1S/C36H47O8P.C29H35O5P.C24H27O4P.C20H27O4P/c1-25-17-31(18-26(2)32(25)21-29-15-16-33(37)30(20-29)19-28-13-11-10-12-14-28)42-24-45(39,43-22-40-27(3)35(4,5)6)44-23-41-34(38)36(7,8)9;1-19(2)26-16-23(9-10-28(26)30)17-27-21(4)14-25(15-22(27)5)32-18-35(31)33-12-11-29(34-35)24-8-6-7-20(3)13-24;1-17-11-22(28-16-29(3,26)27)12-18(2)23(17)15-20-9-10-24(25)21(14-20)13-19-7-5-4-6-8-19;1-13(2)18-10-16(6-7-20(18)21)11-19-14(3)8-17(9-15(19)4)24-12-25(5,22)23/h10-18,20,37H,3,19,21-24H2,1-2,4-9H3;6-10,13-16,19,29-30H,11-12,17-18H2,1-5H3;4-12,14,25H,13,15-16H2,1-3H3,(H,26,27);6-10,13,21H,11-12H2,1-5H3,(H,22,23)/p-2/t;29-,35-;;/m.0../s1. The molecule has 25 heteroatoms. The molecule has 0 saturated carbocycles. The molecular formula is C109H134O21P4-2. The lowest BCUT2D eigenvalue weighted by atomic mass is 9.93. The predicted octanol–water partition coefficient (Wildman–Crippen LogP) is 25.7. The number of esters is 1. The molecule has 11 aromatic carbocycles. The van der Waals surface area contributed by atoms with Gasteiger partial charge in [0, 0.05) is 39.4 Å². The monoisotopic (exact) mass is 1900 g/mol. The summed E-state index contributed by atoms with van der Waals surface area (Å²) in [7, 11) is -14.2. The number of ether oxygens (including phenoxy) is 6. The summed E-state index contributed by atoms with van der Waals surface area (Å²) in [6, 6.07) is 66.4. The summed E-state index contributed by atoms with van der Waals surface area (Å²) < 4.78 is 105. The van der Waals surface area contributed by atoms with Crippen molar-refractivity contribution >= 4 is 35.9 Å². The van der Waals surface area contributed by atoms with E-state index in [-0.39, 0.29) is 54.9 Å². The second-order valence-electron chi connectivity index (χ2n) is 37.7. The van der Waals surface area contributed by atoms with E-state index in [1.54, 1.807) is 45.0 Å².